The SMILES string of the molecule is COc1ccsc1C(=O)OCc1nnc(C)n1C1CC1. The molecule has 1 aliphatic carbocycles. The Labute approximate surface area is 120 Å². The third-order valence-electron chi connectivity index (χ3n) is 3.22. The maximum Gasteiger partial charge on any atom is 0.352 e. The average molecular weight is 293 g/mol. The predicted octanol–water partition coefficient (Wildman–Crippen LogP) is 2.35. The van der Waals surface area contributed by atoms with Crippen LogP contribution in [0.2, 0.25) is 0 Å². The quantitative estimate of drug-likeness (QED) is 0.792. The first-order valence-electron chi connectivity index (χ1n) is 6.39. The Bertz CT molecular complexity index is 631. The number of aromatic nitrogens is 3. The van der Waals surface area contributed by atoms with Crippen molar-refractivity contribution in [2.45, 2.75) is 32.4 Å². The zero-order chi connectivity index (χ0) is 14.1. The molecule has 2 aromatic heterocycles. The Morgan fingerprint density at radius 2 is 2.30 bits per heavy atom. The molecule has 0 spiro atoms. The lowest BCUT2D eigenvalue weighted by atomic mass is 10.4. The molecule has 1 fully saturated rings. The van der Waals surface area contributed by atoms with Crippen LogP contribution < -0.4 is 4.74 Å². The molecule has 0 aliphatic heterocycles. The highest BCUT2D eigenvalue weighted by molar-refractivity contribution is 7.12. The number of aryl methyl sites for hydroxylation is 1. The molecule has 7 heteroatoms. The molecule has 0 unspecified atom stereocenters. The van der Waals surface area contributed by atoms with Crippen molar-refractivity contribution >= 4 is 17.3 Å². The summed E-state index contributed by atoms with van der Waals surface area (Å²) in [6.45, 7) is 2.05. The second-order valence-electron chi connectivity index (χ2n) is 4.66. The second-order valence-corrected chi connectivity index (χ2v) is 5.57. The van der Waals surface area contributed by atoms with Crippen LogP contribution in [0.1, 0.15) is 40.2 Å². The van der Waals surface area contributed by atoms with Gasteiger partial charge in [0.15, 0.2) is 17.3 Å². The van der Waals surface area contributed by atoms with Gasteiger partial charge in [-0.2, -0.15) is 0 Å². The summed E-state index contributed by atoms with van der Waals surface area (Å²) < 4.78 is 12.5. The van der Waals surface area contributed by atoms with Crippen molar-refractivity contribution in [3.05, 3.63) is 28.0 Å². The lowest BCUT2D eigenvalue weighted by Crippen LogP contribution is -2.10. The van der Waals surface area contributed by atoms with Gasteiger partial charge in [-0.25, -0.2) is 4.79 Å². The molecule has 1 saturated carbocycles. The predicted molar refractivity (Wildman–Crippen MR) is 73.0 cm³/mol. The zero-order valence-corrected chi connectivity index (χ0v) is 12.1. The highest BCUT2D eigenvalue weighted by Crippen LogP contribution is 2.36. The minimum Gasteiger partial charge on any atom is -0.495 e. The Kier molecular flexibility index (Phi) is 3.43. The number of hydrogen-bond acceptors (Lipinski definition) is 6. The van der Waals surface area contributed by atoms with Crippen LogP contribution in [0.15, 0.2) is 11.4 Å². The molecule has 2 heterocycles. The standard InChI is InChI=1S/C13H15N3O3S/c1-8-14-15-11(16(8)9-3-4-9)7-19-13(17)12-10(18-2)5-6-20-12/h5-6,9H,3-4,7H2,1-2H3. The Morgan fingerprint density at radius 1 is 1.50 bits per heavy atom. The van der Waals surface area contributed by atoms with E-state index in [4.69, 9.17) is 9.47 Å². The van der Waals surface area contributed by atoms with E-state index >= 15 is 0 Å². The molecule has 106 valence electrons. The molecular formula is C13H15N3O3S. The lowest BCUT2D eigenvalue weighted by molar-refractivity contribution is 0.0460. The number of carbonyl (C=O) groups excluding carboxylic acids is 1. The maximum absolute atomic E-state index is 12.0. The van der Waals surface area contributed by atoms with Crippen LogP contribution in [0.3, 0.4) is 0 Å². The summed E-state index contributed by atoms with van der Waals surface area (Å²) in [5.41, 5.74) is 0. The fourth-order valence-corrected chi connectivity index (χ4v) is 2.87. The van der Waals surface area contributed by atoms with Gasteiger partial charge in [0.25, 0.3) is 0 Å². The molecule has 1 aliphatic rings. The molecule has 20 heavy (non-hydrogen) atoms. The van der Waals surface area contributed by atoms with Crippen LogP contribution >= 0.6 is 11.3 Å². The number of rotatable bonds is 5. The van der Waals surface area contributed by atoms with Crippen molar-refractivity contribution in [2.75, 3.05) is 7.11 Å². The first kappa shape index (κ1) is 13.1. The summed E-state index contributed by atoms with van der Waals surface area (Å²) in [6, 6.07) is 2.22. The second kappa shape index (κ2) is 5.24. The Balaban J connectivity index is 1.69. The number of esters is 1. The van der Waals surface area contributed by atoms with Gasteiger partial charge in [0, 0.05) is 6.04 Å². The molecule has 0 N–H and O–H groups in total. The molecular weight excluding hydrogens is 278 g/mol. The zero-order valence-electron chi connectivity index (χ0n) is 11.3. The van der Waals surface area contributed by atoms with Gasteiger partial charge in [0.1, 0.15) is 11.6 Å². The van der Waals surface area contributed by atoms with Crippen molar-refractivity contribution in [1.82, 2.24) is 14.8 Å². The van der Waals surface area contributed by atoms with Crippen LogP contribution in [-0.2, 0) is 11.3 Å². The van der Waals surface area contributed by atoms with Crippen molar-refractivity contribution in [1.29, 1.82) is 0 Å². The van der Waals surface area contributed by atoms with E-state index in [1.807, 2.05) is 6.92 Å². The summed E-state index contributed by atoms with van der Waals surface area (Å²) >= 11 is 1.30. The van der Waals surface area contributed by atoms with Crippen LogP contribution in [0.25, 0.3) is 0 Å². The normalized spacial score (nSPS) is 14.3. The largest absolute Gasteiger partial charge is 0.495 e. The van der Waals surface area contributed by atoms with Crippen LogP contribution in [-0.4, -0.2) is 27.8 Å². The first-order chi connectivity index (χ1) is 9.70. The first-order valence-corrected chi connectivity index (χ1v) is 7.27. The van der Waals surface area contributed by atoms with E-state index in [0.717, 1.165) is 18.7 Å². The van der Waals surface area contributed by atoms with Gasteiger partial charge < -0.3 is 14.0 Å². The van der Waals surface area contributed by atoms with E-state index in [2.05, 4.69) is 14.8 Å². The van der Waals surface area contributed by atoms with Gasteiger partial charge in [-0.1, -0.05) is 0 Å². The Hall–Kier alpha value is -1.89. The third kappa shape index (κ3) is 2.40. The van der Waals surface area contributed by atoms with Crippen LogP contribution in [0, 0.1) is 6.92 Å². The molecule has 3 rings (SSSR count). The van der Waals surface area contributed by atoms with Gasteiger partial charge >= 0.3 is 5.97 Å². The van der Waals surface area contributed by atoms with Gasteiger partial charge in [0.05, 0.1) is 7.11 Å². The number of nitrogens with zero attached hydrogens (tertiary/aromatic N) is 3. The minimum atomic E-state index is -0.389. The number of hydrogen-bond donors (Lipinski definition) is 0. The lowest BCUT2D eigenvalue weighted by Gasteiger charge is -2.07. The van der Waals surface area contributed by atoms with Crippen molar-refractivity contribution < 1.29 is 14.3 Å². The molecule has 0 atom stereocenters. The van der Waals surface area contributed by atoms with E-state index in [1.54, 1.807) is 11.4 Å². The van der Waals surface area contributed by atoms with Crippen LogP contribution in [0.4, 0.5) is 0 Å². The van der Waals surface area contributed by atoms with Gasteiger partial charge in [-0.05, 0) is 31.2 Å². The number of carbonyl (C=O) groups is 1. The molecule has 0 bridgehead atoms. The van der Waals surface area contributed by atoms with Crippen molar-refractivity contribution in [3.8, 4) is 5.75 Å². The van der Waals surface area contributed by atoms with E-state index in [1.165, 1.54) is 18.4 Å². The molecule has 0 amide bonds. The number of thiophene rings is 1. The topological polar surface area (TPSA) is 66.2 Å². The molecule has 0 aromatic carbocycles. The van der Waals surface area contributed by atoms with Crippen molar-refractivity contribution in [3.63, 3.8) is 0 Å². The molecule has 0 saturated heterocycles. The maximum atomic E-state index is 12.0. The summed E-state index contributed by atoms with van der Waals surface area (Å²) in [5.74, 6) is 1.72. The van der Waals surface area contributed by atoms with Crippen LogP contribution in [0.5, 0.6) is 5.75 Å². The van der Waals surface area contributed by atoms with Gasteiger partial charge in [-0.15, -0.1) is 21.5 Å². The summed E-state index contributed by atoms with van der Waals surface area (Å²) in [4.78, 5) is 12.5. The van der Waals surface area contributed by atoms with Gasteiger partial charge in [-0.3, -0.25) is 0 Å². The smallest absolute Gasteiger partial charge is 0.352 e. The van der Waals surface area contributed by atoms with E-state index < -0.39 is 0 Å². The third-order valence-corrected chi connectivity index (χ3v) is 4.09. The van der Waals surface area contributed by atoms with Crippen molar-refractivity contribution in [2.24, 2.45) is 0 Å². The molecule has 2 aromatic rings. The minimum absolute atomic E-state index is 0.136. The molecule has 6 nitrogen and oxygen atoms in total. The number of ether oxygens (including phenoxy) is 2. The Morgan fingerprint density at radius 3 is 3.00 bits per heavy atom. The summed E-state index contributed by atoms with van der Waals surface area (Å²) in [6.07, 6.45) is 2.27. The highest BCUT2D eigenvalue weighted by atomic mass is 32.1. The number of methoxy groups -OCH3 is 1. The van der Waals surface area contributed by atoms with E-state index in [-0.39, 0.29) is 12.6 Å². The fourth-order valence-electron chi connectivity index (χ4n) is 2.12. The summed E-state index contributed by atoms with van der Waals surface area (Å²) in [5, 5.41) is 9.93. The van der Waals surface area contributed by atoms with E-state index in [9.17, 15) is 4.79 Å². The van der Waals surface area contributed by atoms with Gasteiger partial charge in [0.2, 0.25) is 0 Å². The van der Waals surface area contributed by atoms with E-state index in [0.29, 0.717) is 22.5 Å². The highest BCUT2D eigenvalue weighted by Gasteiger charge is 2.28. The summed E-state index contributed by atoms with van der Waals surface area (Å²) in [7, 11) is 1.53. The molecule has 0 radical (unpaired) electrons. The monoisotopic (exact) mass is 293 g/mol. The fraction of sp³-hybridized carbons (Fsp3) is 0.462. The average Bonchev–Trinajstić information content (AvgIpc) is 3.04.